The van der Waals surface area contributed by atoms with Gasteiger partial charge in [-0.3, -0.25) is 9.69 Å². The number of nitrogens with zero attached hydrogens (tertiary/aromatic N) is 1. The Morgan fingerprint density at radius 1 is 1.55 bits per heavy atom. The molecule has 2 aliphatic heterocycles. The third-order valence-electron chi connectivity index (χ3n) is 2.80. The van der Waals surface area contributed by atoms with Gasteiger partial charge in [0.1, 0.15) is 0 Å². The van der Waals surface area contributed by atoms with E-state index in [1.807, 2.05) is 0 Å². The standard InChI is InChI=1S/C8H14N2O/c1-6-2-3-7-8(11)9-4-5-10(6)7/h6-7H,2-5H2,1H3,(H,9,11)/t6-,7-/m0/s1. The molecule has 0 radical (unpaired) electrons. The van der Waals surface area contributed by atoms with Gasteiger partial charge in [-0.25, -0.2) is 0 Å². The van der Waals surface area contributed by atoms with Crippen LogP contribution in [0, 0.1) is 0 Å². The van der Waals surface area contributed by atoms with E-state index in [4.69, 9.17) is 0 Å². The predicted molar refractivity (Wildman–Crippen MR) is 42.2 cm³/mol. The van der Waals surface area contributed by atoms with Crippen molar-refractivity contribution < 1.29 is 4.79 Å². The lowest BCUT2D eigenvalue weighted by atomic mass is 10.2. The number of carbonyl (C=O) groups excluding carboxylic acids is 1. The number of carbonyl (C=O) groups is 1. The van der Waals surface area contributed by atoms with E-state index >= 15 is 0 Å². The highest BCUT2D eigenvalue weighted by Gasteiger charge is 2.37. The fraction of sp³-hybridized carbons (Fsp3) is 0.875. The van der Waals surface area contributed by atoms with Gasteiger partial charge < -0.3 is 5.32 Å². The number of amides is 1. The van der Waals surface area contributed by atoms with Crippen LogP contribution >= 0.6 is 0 Å². The first-order valence-electron chi connectivity index (χ1n) is 4.32. The molecule has 11 heavy (non-hydrogen) atoms. The van der Waals surface area contributed by atoms with Crippen LogP contribution < -0.4 is 5.32 Å². The molecule has 2 fully saturated rings. The molecule has 0 saturated carbocycles. The number of piperazine rings is 1. The summed E-state index contributed by atoms with van der Waals surface area (Å²) in [6.45, 7) is 4.08. The number of fused-ring (bicyclic) bond motifs is 1. The van der Waals surface area contributed by atoms with E-state index in [9.17, 15) is 4.79 Å². The zero-order chi connectivity index (χ0) is 7.84. The van der Waals surface area contributed by atoms with Crippen LogP contribution in [0.2, 0.25) is 0 Å². The Kier molecular flexibility index (Phi) is 1.60. The smallest absolute Gasteiger partial charge is 0.237 e. The Labute approximate surface area is 66.8 Å². The Morgan fingerprint density at radius 3 is 3.09 bits per heavy atom. The number of nitrogens with one attached hydrogen (secondary N) is 1. The maximum absolute atomic E-state index is 11.3. The van der Waals surface area contributed by atoms with Crippen molar-refractivity contribution in [3.05, 3.63) is 0 Å². The summed E-state index contributed by atoms with van der Waals surface area (Å²) >= 11 is 0. The van der Waals surface area contributed by atoms with Crippen molar-refractivity contribution in [3.63, 3.8) is 0 Å². The van der Waals surface area contributed by atoms with Crippen LogP contribution in [0.25, 0.3) is 0 Å². The highest BCUT2D eigenvalue weighted by atomic mass is 16.2. The van der Waals surface area contributed by atoms with Crippen molar-refractivity contribution in [2.45, 2.75) is 31.8 Å². The van der Waals surface area contributed by atoms with Crippen LogP contribution in [-0.4, -0.2) is 36.0 Å². The van der Waals surface area contributed by atoms with Gasteiger partial charge in [0.05, 0.1) is 6.04 Å². The molecule has 2 saturated heterocycles. The average molecular weight is 154 g/mol. The molecule has 2 aliphatic rings. The van der Waals surface area contributed by atoms with Gasteiger partial charge in [-0.15, -0.1) is 0 Å². The maximum atomic E-state index is 11.3. The van der Waals surface area contributed by atoms with E-state index in [1.165, 1.54) is 6.42 Å². The number of hydrogen-bond acceptors (Lipinski definition) is 2. The molecule has 0 aliphatic carbocycles. The molecule has 2 heterocycles. The Balaban J connectivity index is 2.13. The summed E-state index contributed by atoms with van der Waals surface area (Å²) in [5.74, 6) is 0.237. The first-order chi connectivity index (χ1) is 5.29. The van der Waals surface area contributed by atoms with E-state index in [1.54, 1.807) is 0 Å². The number of hydrogen-bond donors (Lipinski definition) is 1. The van der Waals surface area contributed by atoms with Crippen molar-refractivity contribution in [1.82, 2.24) is 10.2 Å². The van der Waals surface area contributed by atoms with Crippen LogP contribution in [-0.2, 0) is 4.79 Å². The first-order valence-corrected chi connectivity index (χ1v) is 4.32. The molecule has 0 aromatic heterocycles. The summed E-state index contributed by atoms with van der Waals surface area (Å²) in [5, 5.41) is 2.89. The Hall–Kier alpha value is -0.570. The summed E-state index contributed by atoms with van der Waals surface area (Å²) in [4.78, 5) is 13.6. The minimum Gasteiger partial charge on any atom is -0.353 e. The molecular weight excluding hydrogens is 140 g/mol. The summed E-state index contributed by atoms with van der Waals surface area (Å²) in [7, 11) is 0. The monoisotopic (exact) mass is 154 g/mol. The highest BCUT2D eigenvalue weighted by molar-refractivity contribution is 5.82. The van der Waals surface area contributed by atoms with Gasteiger partial charge in [-0.1, -0.05) is 0 Å². The zero-order valence-corrected chi connectivity index (χ0v) is 6.84. The van der Waals surface area contributed by atoms with Crippen molar-refractivity contribution in [3.8, 4) is 0 Å². The largest absolute Gasteiger partial charge is 0.353 e. The van der Waals surface area contributed by atoms with E-state index in [0.29, 0.717) is 6.04 Å². The molecule has 0 spiro atoms. The number of rotatable bonds is 0. The van der Waals surface area contributed by atoms with Crippen LogP contribution in [0.1, 0.15) is 19.8 Å². The van der Waals surface area contributed by atoms with E-state index in [2.05, 4.69) is 17.1 Å². The fourth-order valence-electron chi connectivity index (χ4n) is 2.12. The summed E-state index contributed by atoms with van der Waals surface area (Å²) in [6.07, 6.45) is 2.23. The van der Waals surface area contributed by atoms with E-state index < -0.39 is 0 Å². The topological polar surface area (TPSA) is 32.3 Å². The van der Waals surface area contributed by atoms with Gasteiger partial charge >= 0.3 is 0 Å². The molecule has 3 heteroatoms. The van der Waals surface area contributed by atoms with Crippen LogP contribution in [0.15, 0.2) is 0 Å². The lowest BCUT2D eigenvalue weighted by Crippen LogP contribution is -2.53. The lowest BCUT2D eigenvalue weighted by molar-refractivity contribution is -0.128. The molecule has 2 atom stereocenters. The van der Waals surface area contributed by atoms with Gasteiger partial charge in [0.15, 0.2) is 0 Å². The van der Waals surface area contributed by atoms with Crippen molar-refractivity contribution in [1.29, 1.82) is 0 Å². The molecule has 3 nitrogen and oxygen atoms in total. The minimum atomic E-state index is 0.193. The summed E-state index contributed by atoms with van der Waals surface area (Å²) < 4.78 is 0. The Bertz CT molecular complexity index is 181. The van der Waals surface area contributed by atoms with Crippen LogP contribution in [0.3, 0.4) is 0 Å². The molecule has 1 amide bonds. The normalized spacial score (nSPS) is 38.5. The highest BCUT2D eigenvalue weighted by Crippen LogP contribution is 2.24. The van der Waals surface area contributed by atoms with Gasteiger partial charge in [0.25, 0.3) is 0 Å². The average Bonchev–Trinajstić information content (AvgIpc) is 2.35. The van der Waals surface area contributed by atoms with Crippen molar-refractivity contribution in [2.75, 3.05) is 13.1 Å². The van der Waals surface area contributed by atoms with E-state index in [-0.39, 0.29) is 11.9 Å². The van der Waals surface area contributed by atoms with Gasteiger partial charge in [-0.2, -0.15) is 0 Å². The maximum Gasteiger partial charge on any atom is 0.237 e. The Morgan fingerprint density at radius 2 is 2.36 bits per heavy atom. The molecule has 0 aromatic carbocycles. The summed E-state index contributed by atoms with van der Waals surface area (Å²) in [6, 6.07) is 0.810. The SMILES string of the molecule is C[C@H]1CC[C@H]2C(=O)NCCN12. The second kappa shape index (κ2) is 2.48. The minimum absolute atomic E-state index is 0.193. The predicted octanol–water partition coefficient (Wildman–Crippen LogP) is -0.0309. The molecule has 0 unspecified atom stereocenters. The van der Waals surface area contributed by atoms with Crippen LogP contribution in [0.4, 0.5) is 0 Å². The van der Waals surface area contributed by atoms with Gasteiger partial charge in [0, 0.05) is 19.1 Å². The molecule has 2 rings (SSSR count). The van der Waals surface area contributed by atoms with Crippen molar-refractivity contribution in [2.24, 2.45) is 0 Å². The van der Waals surface area contributed by atoms with Crippen LogP contribution in [0.5, 0.6) is 0 Å². The lowest BCUT2D eigenvalue weighted by Gasteiger charge is -2.31. The van der Waals surface area contributed by atoms with Crippen molar-refractivity contribution >= 4 is 5.91 Å². The quantitative estimate of drug-likeness (QED) is 0.531. The molecule has 0 aromatic rings. The summed E-state index contributed by atoms with van der Waals surface area (Å²) in [5.41, 5.74) is 0. The third-order valence-corrected chi connectivity index (χ3v) is 2.80. The molecule has 62 valence electrons. The molecule has 0 bridgehead atoms. The molecule has 1 N–H and O–H groups in total. The van der Waals surface area contributed by atoms with Gasteiger partial charge in [-0.05, 0) is 19.8 Å². The van der Waals surface area contributed by atoms with Gasteiger partial charge in [0.2, 0.25) is 5.91 Å². The second-order valence-electron chi connectivity index (χ2n) is 3.47. The zero-order valence-electron chi connectivity index (χ0n) is 6.84. The molecular formula is C8H14N2O. The third kappa shape index (κ3) is 1.03. The first kappa shape index (κ1) is 7.10. The second-order valence-corrected chi connectivity index (χ2v) is 3.47. The fourth-order valence-corrected chi connectivity index (χ4v) is 2.12. The van der Waals surface area contributed by atoms with E-state index in [0.717, 1.165) is 19.5 Å².